The third-order valence-corrected chi connectivity index (χ3v) is 14.9. The molecule has 4 fully saturated rings. The minimum Gasteiger partial charge on any atom is -0.386 e. The summed E-state index contributed by atoms with van der Waals surface area (Å²) in [6.07, 6.45) is 8.09. The molecule has 3 N–H and O–H groups in total. The number of aliphatic hydroxyl groups is 1. The van der Waals surface area contributed by atoms with Gasteiger partial charge in [0.05, 0.1) is 34.5 Å². The molecule has 2 aliphatic carbocycles. The van der Waals surface area contributed by atoms with E-state index in [-0.39, 0.29) is 30.5 Å². The maximum Gasteiger partial charge on any atom is 0.433 e. The molecule has 0 bridgehead atoms. The molecule has 64 heavy (non-hydrogen) atoms. The molecule has 2 aromatic heterocycles. The number of halogens is 3. The zero-order chi connectivity index (χ0) is 45.3. The van der Waals surface area contributed by atoms with Crippen molar-refractivity contribution in [3.05, 3.63) is 81.9 Å². The van der Waals surface area contributed by atoms with Gasteiger partial charge >= 0.3 is 6.18 Å². The van der Waals surface area contributed by atoms with Gasteiger partial charge in [-0.2, -0.15) is 18.3 Å². The number of carbonyl (C=O) groups excluding carboxylic acids is 5. The summed E-state index contributed by atoms with van der Waals surface area (Å²) < 4.78 is 42.1. The Labute approximate surface area is 369 Å². The van der Waals surface area contributed by atoms with E-state index < -0.39 is 59.1 Å². The lowest BCUT2D eigenvalue weighted by Gasteiger charge is -2.47. The highest BCUT2D eigenvalue weighted by atomic mass is 19.4. The van der Waals surface area contributed by atoms with Crippen molar-refractivity contribution in [2.45, 2.75) is 121 Å². The van der Waals surface area contributed by atoms with Crippen LogP contribution in [0.1, 0.15) is 145 Å². The van der Waals surface area contributed by atoms with Crippen LogP contribution in [0.25, 0.3) is 6.08 Å². The first-order valence-corrected chi connectivity index (χ1v) is 22.6. The van der Waals surface area contributed by atoms with Gasteiger partial charge in [-0.1, -0.05) is 13.0 Å². The van der Waals surface area contributed by atoms with Gasteiger partial charge in [-0.25, -0.2) is 4.98 Å². The number of hydrogen-bond donors (Lipinski definition) is 3. The Balaban J connectivity index is 0.759. The molecule has 3 saturated heterocycles. The highest BCUT2D eigenvalue weighted by molar-refractivity contribution is 6.23. The number of pyridine rings is 1. The summed E-state index contributed by atoms with van der Waals surface area (Å²) in [7, 11) is 0. The topological polar surface area (TPSA) is 170 Å². The lowest BCUT2D eigenvalue weighted by molar-refractivity contribution is -0.141. The Hall–Kier alpha value is -5.42. The molecule has 1 spiro atoms. The van der Waals surface area contributed by atoms with Gasteiger partial charge in [0, 0.05) is 62.5 Å². The van der Waals surface area contributed by atoms with Crippen LogP contribution in [0.5, 0.6) is 0 Å². The SMILES string of the molecule is CC1c2cn(C3CCN(CC4CCC5(CC4)CCN(c4ccc6c(c4)C(=O)N(C4CCC(=O)NC4=O)C6=O)CC5)CC3)nc2C=C(C(C)(C)O)C1NC(=O)c1cccc(C(F)(F)F)n1. The highest BCUT2D eigenvalue weighted by Gasteiger charge is 2.46. The van der Waals surface area contributed by atoms with Crippen LogP contribution in [0.2, 0.25) is 0 Å². The van der Waals surface area contributed by atoms with E-state index in [1.165, 1.54) is 31.7 Å². The molecule has 1 aromatic carbocycles. The first kappa shape index (κ1) is 43.8. The van der Waals surface area contributed by atoms with E-state index in [0.29, 0.717) is 33.7 Å². The number of imide groups is 2. The lowest BCUT2D eigenvalue weighted by Crippen LogP contribution is -2.54. The van der Waals surface area contributed by atoms with Crippen molar-refractivity contribution in [1.29, 1.82) is 0 Å². The molecular weight excluding hydrogens is 830 g/mol. The van der Waals surface area contributed by atoms with E-state index >= 15 is 0 Å². The molecule has 3 atom stereocenters. The van der Waals surface area contributed by atoms with Crippen LogP contribution in [0.15, 0.2) is 48.2 Å². The molecule has 9 rings (SSSR count). The molecule has 17 heteroatoms. The summed E-state index contributed by atoms with van der Waals surface area (Å²) in [6.45, 7) is 9.88. The molecule has 0 radical (unpaired) electrons. The number of nitrogens with zero attached hydrogens (tertiary/aromatic N) is 6. The number of nitrogens with one attached hydrogen (secondary N) is 2. The Kier molecular flexibility index (Phi) is 11.3. The number of rotatable bonds is 8. The van der Waals surface area contributed by atoms with Crippen LogP contribution in [0.3, 0.4) is 0 Å². The molecule has 6 aliphatic rings. The van der Waals surface area contributed by atoms with Gasteiger partial charge in [-0.05, 0) is 125 Å². The van der Waals surface area contributed by atoms with Gasteiger partial charge in [0.25, 0.3) is 17.7 Å². The van der Waals surface area contributed by atoms with Crippen LogP contribution in [0, 0.1) is 11.3 Å². The second kappa shape index (κ2) is 16.5. The van der Waals surface area contributed by atoms with Crippen LogP contribution in [-0.4, -0.2) is 110 Å². The average molecular weight is 885 g/mol. The molecule has 3 aromatic rings. The summed E-state index contributed by atoms with van der Waals surface area (Å²) >= 11 is 0. The van der Waals surface area contributed by atoms with Gasteiger partial charge in [-0.3, -0.25) is 38.9 Å². The second-order valence-corrected chi connectivity index (χ2v) is 19.4. The fourth-order valence-electron chi connectivity index (χ4n) is 11.0. The lowest BCUT2D eigenvalue weighted by atomic mass is 9.65. The van der Waals surface area contributed by atoms with Gasteiger partial charge in [0.15, 0.2) is 0 Å². The number of fused-ring (bicyclic) bond motifs is 2. The van der Waals surface area contributed by atoms with Crippen molar-refractivity contribution in [1.82, 2.24) is 35.2 Å². The number of amides is 5. The molecule has 340 valence electrons. The third-order valence-electron chi connectivity index (χ3n) is 14.9. The maximum atomic E-state index is 13.4. The number of piperidine rings is 3. The molecule has 1 saturated carbocycles. The van der Waals surface area contributed by atoms with Crippen molar-refractivity contribution in [2.24, 2.45) is 11.3 Å². The third kappa shape index (κ3) is 8.36. The predicted octanol–water partition coefficient (Wildman–Crippen LogP) is 5.88. The van der Waals surface area contributed by atoms with E-state index in [1.54, 1.807) is 32.1 Å². The second-order valence-electron chi connectivity index (χ2n) is 19.4. The van der Waals surface area contributed by atoms with Gasteiger partial charge in [0.1, 0.15) is 17.4 Å². The Morgan fingerprint density at radius 1 is 0.922 bits per heavy atom. The van der Waals surface area contributed by atoms with E-state index in [9.17, 15) is 42.3 Å². The maximum absolute atomic E-state index is 13.4. The zero-order valence-electron chi connectivity index (χ0n) is 36.4. The minimum absolute atomic E-state index is 0.0832. The zero-order valence-corrected chi connectivity index (χ0v) is 36.4. The first-order valence-electron chi connectivity index (χ1n) is 22.6. The summed E-state index contributed by atoms with van der Waals surface area (Å²) in [5, 5.41) is 21.2. The van der Waals surface area contributed by atoms with Gasteiger partial charge in [-0.15, -0.1) is 0 Å². The standard InChI is InChI=1S/C47H55F3N8O6/c1-27-33-26-57(54-36(33)24-34(45(2,3)64)40(27)53-41(60)35-5-4-6-38(51-35)47(48,49)50)29-13-19-55(20-14-29)25-28-11-15-46(16-12-28)17-21-56(22-18-46)30-7-8-31-32(23-30)44(63)58(43(31)62)37-9-10-39(59)52-42(37)61/h4-8,23-24,26-29,37,40,64H,9-22,25H2,1-3H3,(H,53,60)(H,52,59,61). The number of aromatic nitrogens is 3. The van der Waals surface area contributed by atoms with E-state index in [1.807, 2.05) is 23.9 Å². The number of alkyl halides is 3. The summed E-state index contributed by atoms with van der Waals surface area (Å²) in [5.74, 6) is -2.43. The van der Waals surface area contributed by atoms with Crippen molar-refractivity contribution in [3.63, 3.8) is 0 Å². The summed E-state index contributed by atoms with van der Waals surface area (Å²) in [5.41, 5.74) is 1.11. The fourth-order valence-corrected chi connectivity index (χ4v) is 11.0. The minimum atomic E-state index is -4.69. The Bertz CT molecular complexity index is 2400. The number of likely N-dealkylation sites (tertiary alicyclic amines) is 1. The van der Waals surface area contributed by atoms with Crippen LogP contribution >= 0.6 is 0 Å². The van der Waals surface area contributed by atoms with E-state index in [0.717, 1.165) is 86.7 Å². The normalized spacial score (nSPS) is 24.7. The van der Waals surface area contributed by atoms with Crippen molar-refractivity contribution < 1.29 is 42.3 Å². The smallest absolute Gasteiger partial charge is 0.386 e. The quantitative estimate of drug-likeness (QED) is 0.232. The highest BCUT2D eigenvalue weighted by Crippen LogP contribution is 2.48. The molecular formula is C47H55F3N8O6. The first-order chi connectivity index (χ1) is 30.4. The van der Waals surface area contributed by atoms with Gasteiger partial charge < -0.3 is 20.2 Å². The average Bonchev–Trinajstić information content (AvgIpc) is 3.80. The number of hydrogen-bond acceptors (Lipinski definition) is 10. The monoisotopic (exact) mass is 884 g/mol. The van der Waals surface area contributed by atoms with Crippen molar-refractivity contribution in [2.75, 3.05) is 37.6 Å². The fraction of sp³-hybridized carbons (Fsp3) is 0.553. The van der Waals surface area contributed by atoms with Crippen LogP contribution < -0.4 is 15.5 Å². The molecule has 5 amide bonds. The predicted molar refractivity (Wildman–Crippen MR) is 229 cm³/mol. The van der Waals surface area contributed by atoms with Crippen molar-refractivity contribution in [3.8, 4) is 0 Å². The van der Waals surface area contributed by atoms with Gasteiger partial charge in [0.2, 0.25) is 11.8 Å². The number of benzene rings is 1. The van der Waals surface area contributed by atoms with E-state index in [2.05, 4.69) is 25.4 Å². The van der Waals surface area contributed by atoms with Crippen LogP contribution in [-0.2, 0) is 15.8 Å². The van der Waals surface area contributed by atoms with E-state index in [4.69, 9.17) is 5.10 Å². The Morgan fingerprint density at radius 3 is 2.30 bits per heavy atom. The number of anilines is 1. The largest absolute Gasteiger partial charge is 0.433 e. The summed E-state index contributed by atoms with van der Waals surface area (Å²) in [6, 6.07) is 7.11. The summed E-state index contributed by atoms with van der Waals surface area (Å²) in [4.78, 5) is 73.5. The Morgan fingerprint density at radius 2 is 1.62 bits per heavy atom. The molecule has 3 unspecified atom stereocenters. The molecule has 4 aliphatic heterocycles. The van der Waals surface area contributed by atoms with Crippen molar-refractivity contribution >= 4 is 41.3 Å². The van der Waals surface area contributed by atoms with Crippen LogP contribution in [0.4, 0.5) is 18.9 Å². The molecule has 14 nitrogen and oxygen atoms in total. The number of carbonyl (C=O) groups is 5. The molecule has 6 heterocycles.